The van der Waals surface area contributed by atoms with E-state index in [1.54, 1.807) is 30.2 Å². The summed E-state index contributed by atoms with van der Waals surface area (Å²) < 4.78 is 1.59. The first kappa shape index (κ1) is 21.9. The van der Waals surface area contributed by atoms with Crippen molar-refractivity contribution < 1.29 is 4.79 Å². The second-order valence-corrected chi connectivity index (χ2v) is 6.75. The minimum absolute atomic E-state index is 0. The molecule has 1 aromatic heterocycles. The number of hydrogen-bond acceptors (Lipinski definition) is 3. The molecular weight excluding hydrogens is 443 g/mol. The molecule has 0 aliphatic heterocycles. The molecular formula is C18H27IN6O. The molecule has 0 saturated heterocycles. The number of nitrogens with zero attached hydrogens (tertiary/aromatic N) is 3. The summed E-state index contributed by atoms with van der Waals surface area (Å²) in [5.41, 5.74) is 1.74. The quantitative estimate of drug-likeness (QED) is 0.357. The minimum atomic E-state index is -0.112. The zero-order chi connectivity index (χ0) is 18.3. The van der Waals surface area contributed by atoms with E-state index in [1.165, 1.54) is 0 Å². The van der Waals surface area contributed by atoms with E-state index < -0.39 is 0 Å². The molecule has 0 saturated carbocycles. The number of halogens is 1. The number of nitrogens with one attached hydrogen (secondary N) is 3. The van der Waals surface area contributed by atoms with Crippen molar-refractivity contribution in [1.82, 2.24) is 20.4 Å². The van der Waals surface area contributed by atoms with E-state index >= 15 is 0 Å². The SMILES string of the molecule is CN=C(NCc1cccc(NC(=O)Cn2cccn2)c1)NC(C)(C)C.I. The van der Waals surface area contributed by atoms with Gasteiger partial charge in [-0.05, 0) is 44.5 Å². The van der Waals surface area contributed by atoms with Crippen LogP contribution in [0.15, 0.2) is 47.7 Å². The Kier molecular flexibility index (Phi) is 8.56. The third kappa shape index (κ3) is 7.85. The molecule has 2 rings (SSSR count). The van der Waals surface area contributed by atoms with Crippen LogP contribution >= 0.6 is 24.0 Å². The number of carbonyl (C=O) groups is 1. The second-order valence-electron chi connectivity index (χ2n) is 6.75. The fourth-order valence-electron chi connectivity index (χ4n) is 2.22. The van der Waals surface area contributed by atoms with Gasteiger partial charge >= 0.3 is 0 Å². The summed E-state index contributed by atoms with van der Waals surface area (Å²) in [5, 5.41) is 13.5. The van der Waals surface area contributed by atoms with Gasteiger partial charge in [-0.15, -0.1) is 24.0 Å². The van der Waals surface area contributed by atoms with Gasteiger partial charge in [0.15, 0.2) is 5.96 Å². The molecule has 0 spiro atoms. The average molecular weight is 470 g/mol. The summed E-state index contributed by atoms with van der Waals surface area (Å²) in [6.07, 6.45) is 3.41. The molecule has 0 bridgehead atoms. The van der Waals surface area contributed by atoms with Gasteiger partial charge < -0.3 is 16.0 Å². The molecule has 1 aromatic carbocycles. The zero-order valence-corrected chi connectivity index (χ0v) is 17.9. The lowest BCUT2D eigenvalue weighted by molar-refractivity contribution is -0.116. The number of aliphatic imine (C=N–C) groups is 1. The summed E-state index contributed by atoms with van der Waals surface area (Å²) in [6, 6.07) is 9.52. The summed E-state index contributed by atoms with van der Waals surface area (Å²) in [6.45, 7) is 7.04. The van der Waals surface area contributed by atoms with Crippen molar-refractivity contribution in [3.63, 3.8) is 0 Å². The van der Waals surface area contributed by atoms with Gasteiger partial charge in [0.1, 0.15) is 6.54 Å². The van der Waals surface area contributed by atoms with E-state index in [1.807, 2.05) is 24.3 Å². The van der Waals surface area contributed by atoms with Crippen molar-refractivity contribution in [3.05, 3.63) is 48.3 Å². The average Bonchev–Trinajstić information content (AvgIpc) is 3.03. The molecule has 0 aliphatic carbocycles. The van der Waals surface area contributed by atoms with Crippen molar-refractivity contribution >= 4 is 41.5 Å². The van der Waals surface area contributed by atoms with Crippen LogP contribution in [0.3, 0.4) is 0 Å². The molecule has 3 N–H and O–H groups in total. The van der Waals surface area contributed by atoms with E-state index in [0.29, 0.717) is 6.54 Å². The van der Waals surface area contributed by atoms with Crippen molar-refractivity contribution in [2.75, 3.05) is 12.4 Å². The second kappa shape index (κ2) is 10.1. The Bertz CT molecular complexity index is 722. The number of guanidine groups is 1. The Labute approximate surface area is 171 Å². The zero-order valence-electron chi connectivity index (χ0n) is 15.6. The third-order valence-electron chi connectivity index (χ3n) is 3.25. The van der Waals surface area contributed by atoms with Gasteiger partial charge in [0, 0.05) is 37.2 Å². The van der Waals surface area contributed by atoms with Crippen LogP contribution in [-0.2, 0) is 17.9 Å². The minimum Gasteiger partial charge on any atom is -0.352 e. The molecule has 142 valence electrons. The first-order valence-corrected chi connectivity index (χ1v) is 8.21. The monoisotopic (exact) mass is 470 g/mol. The van der Waals surface area contributed by atoms with Crippen LogP contribution in [-0.4, -0.2) is 34.2 Å². The van der Waals surface area contributed by atoms with Gasteiger partial charge in [-0.3, -0.25) is 14.5 Å². The van der Waals surface area contributed by atoms with E-state index in [4.69, 9.17) is 0 Å². The Balaban J connectivity index is 0.00000338. The number of rotatable bonds is 5. The lowest BCUT2D eigenvalue weighted by Crippen LogP contribution is -2.47. The number of benzene rings is 1. The van der Waals surface area contributed by atoms with Gasteiger partial charge in [0.2, 0.25) is 5.91 Å². The third-order valence-corrected chi connectivity index (χ3v) is 3.25. The van der Waals surface area contributed by atoms with Gasteiger partial charge in [-0.1, -0.05) is 12.1 Å². The number of carbonyl (C=O) groups excluding carboxylic acids is 1. The highest BCUT2D eigenvalue weighted by molar-refractivity contribution is 14.0. The summed E-state index contributed by atoms with van der Waals surface area (Å²) in [4.78, 5) is 16.3. The first-order chi connectivity index (χ1) is 11.9. The van der Waals surface area contributed by atoms with Crippen molar-refractivity contribution in [2.24, 2.45) is 4.99 Å². The van der Waals surface area contributed by atoms with Gasteiger partial charge in [0.25, 0.3) is 0 Å². The summed E-state index contributed by atoms with van der Waals surface area (Å²) in [5.74, 6) is 0.625. The maximum absolute atomic E-state index is 12.0. The summed E-state index contributed by atoms with van der Waals surface area (Å²) in [7, 11) is 1.74. The molecule has 0 fully saturated rings. The Morgan fingerprint density at radius 3 is 2.65 bits per heavy atom. The fourth-order valence-corrected chi connectivity index (χ4v) is 2.22. The molecule has 0 unspecified atom stereocenters. The predicted octanol–water partition coefficient (Wildman–Crippen LogP) is 2.60. The lowest BCUT2D eigenvalue weighted by Gasteiger charge is -2.23. The fraction of sp³-hybridized carbons (Fsp3) is 0.389. The molecule has 0 aliphatic rings. The highest BCUT2D eigenvalue weighted by Gasteiger charge is 2.11. The molecule has 7 nitrogen and oxygen atoms in total. The van der Waals surface area contributed by atoms with Gasteiger partial charge in [-0.25, -0.2) is 0 Å². The van der Waals surface area contributed by atoms with Crippen LogP contribution < -0.4 is 16.0 Å². The Morgan fingerprint density at radius 2 is 2.04 bits per heavy atom. The smallest absolute Gasteiger partial charge is 0.246 e. The molecule has 0 radical (unpaired) electrons. The van der Waals surface area contributed by atoms with Crippen LogP contribution in [0.1, 0.15) is 26.3 Å². The number of amides is 1. The van der Waals surface area contributed by atoms with E-state index in [9.17, 15) is 4.79 Å². The number of anilines is 1. The van der Waals surface area contributed by atoms with E-state index in [-0.39, 0.29) is 42.0 Å². The topological polar surface area (TPSA) is 83.3 Å². The molecule has 1 heterocycles. The van der Waals surface area contributed by atoms with Crippen LogP contribution in [0.5, 0.6) is 0 Å². The maximum Gasteiger partial charge on any atom is 0.246 e. The Hall–Kier alpha value is -2.10. The molecule has 8 heteroatoms. The van der Waals surface area contributed by atoms with Gasteiger partial charge in [-0.2, -0.15) is 5.10 Å². The van der Waals surface area contributed by atoms with Crippen molar-refractivity contribution in [2.45, 2.75) is 39.4 Å². The Morgan fingerprint density at radius 1 is 1.27 bits per heavy atom. The van der Waals surface area contributed by atoms with Crippen LogP contribution in [0.25, 0.3) is 0 Å². The van der Waals surface area contributed by atoms with E-state index in [2.05, 4.69) is 46.8 Å². The maximum atomic E-state index is 12.0. The van der Waals surface area contributed by atoms with E-state index in [0.717, 1.165) is 17.2 Å². The summed E-state index contributed by atoms with van der Waals surface area (Å²) >= 11 is 0. The van der Waals surface area contributed by atoms with Crippen LogP contribution in [0.2, 0.25) is 0 Å². The highest BCUT2D eigenvalue weighted by Crippen LogP contribution is 2.11. The first-order valence-electron chi connectivity index (χ1n) is 8.21. The standard InChI is InChI=1S/C18H26N6O.HI/c1-18(2,3)23-17(19-4)20-12-14-7-5-8-15(11-14)22-16(25)13-24-10-6-9-21-24;/h5-11H,12-13H2,1-4H3,(H,22,25)(H2,19,20,23);1H. The highest BCUT2D eigenvalue weighted by atomic mass is 127. The number of aromatic nitrogens is 2. The van der Waals surface area contributed by atoms with Crippen molar-refractivity contribution in [1.29, 1.82) is 0 Å². The van der Waals surface area contributed by atoms with Crippen molar-refractivity contribution in [3.8, 4) is 0 Å². The normalized spacial score (nSPS) is 11.5. The van der Waals surface area contributed by atoms with Gasteiger partial charge in [0.05, 0.1) is 0 Å². The number of hydrogen-bond donors (Lipinski definition) is 3. The predicted molar refractivity (Wildman–Crippen MR) is 116 cm³/mol. The molecule has 0 atom stereocenters. The molecule has 26 heavy (non-hydrogen) atoms. The lowest BCUT2D eigenvalue weighted by atomic mass is 10.1. The largest absolute Gasteiger partial charge is 0.352 e. The van der Waals surface area contributed by atoms with Crippen LogP contribution in [0.4, 0.5) is 5.69 Å². The molecule has 2 aromatic rings. The van der Waals surface area contributed by atoms with Crippen LogP contribution in [0, 0.1) is 0 Å². The molecule has 1 amide bonds.